The molecule has 0 aliphatic carbocycles. The second-order valence-electron chi connectivity index (χ2n) is 9.05. The molecule has 0 spiro atoms. The SMILES string of the molecule is COC[C@H]1O[C@@H](n2cnc(N)nc2=O)C[C@H]1OP(=O)(O)OC[C@H]1O[C@@H](n2cnc3c(=O)[nH]c(N)nc32)C[C@H]1OC. The molecule has 2 fully saturated rings. The Morgan fingerprint density at radius 1 is 1.05 bits per heavy atom. The Hall–Kier alpha value is -3.29. The first-order valence-electron chi connectivity index (χ1n) is 12.0. The van der Waals surface area contributed by atoms with Crippen molar-refractivity contribution in [2.24, 2.45) is 0 Å². The predicted octanol–water partition coefficient (Wildman–Crippen LogP) is -1.33. The maximum atomic E-state index is 12.9. The fourth-order valence-electron chi connectivity index (χ4n) is 4.64. The molecule has 0 radical (unpaired) electrons. The third-order valence-corrected chi connectivity index (χ3v) is 7.49. The van der Waals surface area contributed by atoms with E-state index in [9.17, 15) is 19.0 Å². The normalized spacial score (nSPS) is 28.3. The highest BCUT2D eigenvalue weighted by atomic mass is 31.2. The van der Waals surface area contributed by atoms with E-state index in [1.165, 1.54) is 31.4 Å². The van der Waals surface area contributed by atoms with Crippen LogP contribution >= 0.6 is 7.82 Å². The smallest absolute Gasteiger partial charge is 0.382 e. The van der Waals surface area contributed by atoms with Gasteiger partial charge in [0.05, 0.1) is 25.6 Å². The average Bonchev–Trinajstić information content (AvgIpc) is 3.60. The number of nitrogens with zero attached hydrogens (tertiary/aromatic N) is 6. The lowest BCUT2D eigenvalue weighted by atomic mass is 10.2. The lowest BCUT2D eigenvalue weighted by Crippen LogP contribution is -2.30. The lowest BCUT2D eigenvalue weighted by molar-refractivity contribution is -0.0642. The van der Waals surface area contributed by atoms with Crippen LogP contribution in [0.2, 0.25) is 0 Å². The fourth-order valence-corrected chi connectivity index (χ4v) is 5.60. The van der Waals surface area contributed by atoms with Crippen LogP contribution in [0.1, 0.15) is 25.3 Å². The number of aromatic amines is 1. The van der Waals surface area contributed by atoms with Crippen LogP contribution in [-0.2, 0) is 32.6 Å². The second kappa shape index (κ2) is 11.3. The fraction of sp³-hybridized carbons (Fsp3) is 0.600. The van der Waals surface area contributed by atoms with Crippen LogP contribution in [0.3, 0.4) is 0 Å². The predicted molar refractivity (Wildman–Crippen MR) is 134 cm³/mol. The molecule has 3 aromatic heterocycles. The van der Waals surface area contributed by atoms with Crippen molar-refractivity contribution in [1.82, 2.24) is 34.1 Å². The van der Waals surface area contributed by atoms with Crippen molar-refractivity contribution in [2.75, 3.05) is 38.9 Å². The molecule has 6 N–H and O–H groups in total. The Kier molecular flexibility index (Phi) is 7.98. The van der Waals surface area contributed by atoms with Gasteiger partial charge in [0.25, 0.3) is 5.56 Å². The standard InChI is InChI=1S/C20H28N9O10P/c1-34-5-11-10(4-14(37-11)29-8-24-18(21)27-20(29)31)39-40(32,33)36-6-12-9(35-2)3-13(38-12)28-7-23-15-16(28)25-19(22)26-17(15)30/h7-14H,3-6H2,1-2H3,(H,32,33)(H2,21,27,31)(H3,22,25,26,30)/t9-,10-,11-,12-,13-,14-/m1/s1. The van der Waals surface area contributed by atoms with Crippen molar-refractivity contribution in [2.45, 2.75) is 49.7 Å². The second-order valence-corrected chi connectivity index (χ2v) is 10.5. The highest BCUT2D eigenvalue weighted by molar-refractivity contribution is 7.47. The molecule has 40 heavy (non-hydrogen) atoms. The molecule has 19 nitrogen and oxygen atoms in total. The molecular formula is C20H28N9O10P. The summed E-state index contributed by atoms with van der Waals surface area (Å²) in [5.74, 6) is -0.285. The number of hydrogen-bond acceptors (Lipinski definition) is 15. The van der Waals surface area contributed by atoms with E-state index in [4.69, 9.17) is 39.5 Å². The zero-order chi connectivity index (χ0) is 28.6. The van der Waals surface area contributed by atoms with Gasteiger partial charge < -0.3 is 35.3 Å². The van der Waals surface area contributed by atoms with E-state index in [0.29, 0.717) is 6.42 Å². The van der Waals surface area contributed by atoms with E-state index in [1.54, 1.807) is 0 Å². The van der Waals surface area contributed by atoms with Gasteiger partial charge in [0.15, 0.2) is 11.2 Å². The van der Waals surface area contributed by atoms with Gasteiger partial charge in [-0.05, 0) is 0 Å². The van der Waals surface area contributed by atoms with E-state index in [-0.39, 0.29) is 42.7 Å². The summed E-state index contributed by atoms with van der Waals surface area (Å²) >= 11 is 0. The molecule has 1 unspecified atom stereocenters. The third kappa shape index (κ3) is 5.77. The third-order valence-electron chi connectivity index (χ3n) is 6.48. The van der Waals surface area contributed by atoms with Crippen LogP contribution in [0.15, 0.2) is 22.2 Å². The molecule has 2 saturated heterocycles. The molecule has 20 heteroatoms. The number of fused-ring (bicyclic) bond motifs is 1. The van der Waals surface area contributed by atoms with Gasteiger partial charge in [-0.2, -0.15) is 9.97 Å². The Morgan fingerprint density at radius 3 is 2.42 bits per heavy atom. The summed E-state index contributed by atoms with van der Waals surface area (Å²) in [5, 5.41) is 0. The zero-order valence-electron chi connectivity index (χ0n) is 21.4. The quantitative estimate of drug-likeness (QED) is 0.201. The van der Waals surface area contributed by atoms with Crippen molar-refractivity contribution in [1.29, 1.82) is 0 Å². The summed E-state index contributed by atoms with van der Waals surface area (Å²) in [5.41, 5.74) is 10.2. The molecular weight excluding hydrogens is 557 g/mol. The van der Waals surface area contributed by atoms with Crippen LogP contribution in [0.5, 0.6) is 0 Å². The van der Waals surface area contributed by atoms with Gasteiger partial charge in [-0.25, -0.2) is 19.3 Å². The summed E-state index contributed by atoms with van der Waals surface area (Å²) in [6.45, 7) is -0.367. The molecule has 0 bridgehead atoms. The van der Waals surface area contributed by atoms with Crippen LogP contribution in [0, 0.1) is 0 Å². The molecule has 5 heterocycles. The maximum absolute atomic E-state index is 12.9. The van der Waals surface area contributed by atoms with Crippen molar-refractivity contribution >= 4 is 30.9 Å². The number of imidazole rings is 1. The number of phosphoric ester groups is 1. The maximum Gasteiger partial charge on any atom is 0.472 e. The van der Waals surface area contributed by atoms with Gasteiger partial charge >= 0.3 is 13.5 Å². The van der Waals surface area contributed by atoms with E-state index in [2.05, 4.69) is 24.9 Å². The van der Waals surface area contributed by atoms with Gasteiger partial charge in [0.1, 0.15) is 37.1 Å². The summed E-state index contributed by atoms with van der Waals surface area (Å²) in [6.07, 6.45) is -1.83. The molecule has 5 rings (SSSR count). The van der Waals surface area contributed by atoms with Crippen LogP contribution in [0.25, 0.3) is 11.2 Å². The minimum Gasteiger partial charge on any atom is -0.382 e. The molecule has 0 amide bonds. The Bertz CT molecular complexity index is 1530. The number of phosphoric acid groups is 1. The van der Waals surface area contributed by atoms with Crippen LogP contribution in [0.4, 0.5) is 11.9 Å². The number of methoxy groups -OCH3 is 2. The molecule has 2 aliphatic rings. The zero-order valence-corrected chi connectivity index (χ0v) is 22.2. The molecule has 3 aromatic rings. The van der Waals surface area contributed by atoms with Gasteiger partial charge in [-0.15, -0.1) is 0 Å². The highest BCUT2D eigenvalue weighted by Crippen LogP contribution is 2.49. The van der Waals surface area contributed by atoms with Crippen LogP contribution in [-0.4, -0.2) is 90.8 Å². The van der Waals surface area contributed by atoms with Crippen molar-refractivity contribution in [3.8, 4) is 0 Å². The van der Waals surface area contributed by atoms with E-state index in [1.807, 2.05) is 0 Å². The van der Waals surface area contributed by atoms with Crippen molar-refractivity contribution in [3.63, 3.8) is 0 Å². The number of aromatic nitrogens is 7. The van der Waals surface area contributed by atoms with Crippen molar-refractivity contribution in [3.05, 3.63) is 33.5 Å². The number of ether oxygens (including phenoxy) is 4. The lowest BCUT2D eigenvalue weighted by Gasteiger charge is -2.23. The summed E-state index contributed by atoms with van der Waals surface area (Å²) in [4.78, 5) is 52.7. The number of rotatable bonds is 10. The first-order chi connectivity index (χ1) is 19.1. The van der Waals surface area contributed by atoms with Gasteiger partial charge in [-0.1, -0.05) is 0 Å². The van der Waals surface area contributed by atoms with Crippen molar-refractivity contribution < 1.29 is 37.5 Å². The number of anilines is 2. The van der Waals surface area contributed by atoms with Gasteiger partial charge in [-0.3, -0.25) is 28.0 Å². The highest BCUT2D eigenvalue weighted by Gasteiger charge is 2.44. The minimum absolute atomic E-state index is 0.000780. The number of nitrogens with one attached hydrogen (secondary N) is 1. The summed E-state index contributed by atoms with van der Waals surface area (Å²) in [7, 11) is -1.79. The molecule has 0 aromatic carbocycles. The number of nitrogen functional groups attached to an aromatic ring is 2. The topological polar surface area (TPSA) is 256 Å². The molecule has 2 aliphatic heterocycles. The first kappa shape index (κ1) is 28.2. The van der Waals surface area contributed by atoms with E-state index in [0.717, 1.165) is 4.57 Å². The molecule has 0 saturated carbocycles. The monoisotopic (exact) mass is 585 g/mol. The van der Waals surface area contributed by atoms with Gasteiger partial charge in [0.2, 0.25) is 11.9 Å². The largest absolute Gasteiger partial charge is 0.472 e. The summed E-state index contributed by atoms with van der Waals surface area (Å²) < 4.78 is 48.6. The Balaban J connectivity index is 1.25. The summed E-state index contributed by atoms with van der Waals surface area (Å²) in [6, 6.07) is 0. The Labute approximate surface area is 225 Å². The van der Waals surface area contributed by atoms with Crippen LogP contribution < -0.4 is 22.7 Å². The number of H-pyrrole nitrogens is 1. The minimum atomic E-state index is -4.67. The van der Waals surface area contributed by atoms with Gasteiger partial charge in [0, 0.05) is 27.1 Å². The van der Waals surface area contributed by atoms with E-state index < -0.39 is 55.9 Å². The Morgan fingerprint density at radius 2 is 1.73 bits per heavy atom. The number of hydrogen-bond donors (Lipinski definition) is 4. The average molecular weight is 585 g/mol. The van der Waals surface area contributed by atoms with E-state index >= 15 is 0 Å². The molecule has 218 valence electrons. The molecule has 7 atom stereocenters. The number of nitrogens with two attached hydrogens (primary N) is 2. The first-order valence-corrected chi connectivity index (χ1v) is 13.5.